The topological polar surface area (TPSA) is 49.9 Å². The summed E-state index contributed by atoms with van der Waals surface area (Å²) in [7, 11) is 1.39. The molecule has 0 bridgehead atoms. The number of piperidine rings is 2. The SMILES string of the molecule is COC(=O)C1CCCCN1C(=O)N1CCCC(C)C1. The molecule has 2 aliphatic heterocycles. The highest BCUT2D eigenvalue weighted by Gasteiger charge is 2.35. The highest BCUT2D eigenvalue weighted by atomic mass is 16.5. The molecule has 2 fully saturated rings. The third-order valence-electron chi connectivity index (χ3n) is 4.15. The zero-order valence-electron chi connectivity index (χ0n) is 11.9. The Bertz CT molecular complexity index is 346. The van der Waals surface area contributed by atoms with Crippen molar-refractivity contribution in [3.63, 3.8) is 0 Å². The van der Waals surface area contributed by atoms with Crippen molar-refractivity contribution in [2.75, 3.05) is 26.7 Å². The van der Waals surface area contributed by atoms with E-state index in [1.807, 2.05) is 4.90 Å². The van der Waals surface area contributed by atoms with Gasteiger partial charge in [-0.05, 0) is 38.0 Å². The molecule has 0 radical (unpaired) electrons. The summed E-state index contributed by atoms with van der Waals surface area (Å²) in [5, 5.41) is 0. The van der Waals surface area contributed by atoms with Gasteiger partial charge in [-0.3, -0.25) is 0 Å². The zero-order valence-corrected chi connectivity index (χ0v) is 11.9. The second kappa shape index (κ2) is 6.26. The van der Waals surface area contributed by atoms with Crippen molar-refractivity contribution in [1.82, 2.24) is 9.80 Å². The van der Waals surface area contributed by atoms with Crippen LogP contribution < -0.4 is 0 Å². The Balaban J connectivity index is 2.04. The van der Waals surface area contributed by atoms with E-state index in [4.69, 9.17) is 4.74 Å². The summed E-state index contributed by atoms with van der Waals surface area (Å²) in [5.74, 6) is 0.275. The first-order valence-electron chi connectivity index (χ1n) is 7.27. The van der Waals surface area contributed by atoms with Crippen LogP contribution in [-0.2, 0) is 9.53 Å². The fraction of sp³-hybridized carbons (Fsp3) is 0.857. The maximum Gasteiger partial charge on any atom is 0.328 e. The molecule has 2 amide bonds. The Kier molecular flexibility index (Phi) is 4.66. The quantitative estimate of drug-likeness (QED) is 0.682. The number of hydrogen-bond acceptors (Lipinski definition) is 3. The van der Waals surface area contributed by atoms with E-state index in [-0.39, 0.29) is 18.0 Å². The van der Waals surface area contributed by atoms with Crippen LogP contribution in [0.2, 0.25) is 0 Å². The van der Waals surface area contributed by atoms with E-state index in [0.29, 0.717) is 12.5 Å². The summed E-state index contributed by atoms with van der Waals surface area (Å²) in [4.78, 5) is 28.0. The maximum absolute atomic E-state index is 12.6. The number of carbonyl (C=O) groups is 2. The molecular formula is C14H24N2O3. The zero-order chi connectivity index (χ0) is 13.8. The minimum absolute atomic E-state index is 0.0154. The molecule has 2 atom stereocenters. The molecule has 2 aliphatic rings. The highest BCUT2D eigenvalue weighted by Crippen LogP contribution is 2.23. The molecule has 2 unspecified atom stereocenters. The normalized spacial score (nSPS) is 28.1. The van der Waals surface area contributed by atoms with E-state index in [9.17, 15) is 9.59 Å². The van der Waals surface area contributed by atoms with Gasteiger partial charge in [0.1, 0.15) is 6.04 Å². The lowest BCUT2D eigenvalue weighted by Crippen LogP contribution is -2.55. The number of hydrogen-bond donors (Lipinski definition) is 0. The van der Waals surface area contributed by atoms with Gasteiger partial charge >= 0.3 is 12.0 Å². The van der Waals surface area contributed by atoms with E-state index in [2.05, 4.69) is 6.92 Å². The molecule has 0 aliphatic carbocycles. The fourth-order valence-corrected chi connectivity index (χ4v) is 3.09. The number of methoxy groups -OCH3 is 1. The van der Waals surface area contributed by atoms with Crippen molar-refractivity contribution < 1.29 is 14.3 Å². The van der Waals surface area contributed by atoms with E-state index in [1.54, 1.807) is 4.90 Å². The number of ether oxygens (including phenoxy) is 1. The summed E-state index contributed by atoms with van der Waals surface area (Å²) >= 11 is 0. The first kappa shape index (κ1) is 14.2. The summed E-state index contributed by atoms with van der Waals surface area (Å²) in [5.41, 5.74) is 0. The number of urea groups is 1. The van der Waals surface area contributed by atoms with Crippen molar-refractivity contribution in [2.24, 2.45) is 5.92 Å². The van der Waals surface area contributed by atoms with E-state index in [0.717, 1.165) is 38.8 Å². The molecule has 19 heavy (non-hydrogen) atoms. The van der Waals surface area contributed by atoms with Gasteiger partial charge in [0.05, 0.1) is 7.11 Å². The molecule has 0 saturated carbocycles. The number of rotatable bonds is 1. The molecule has 108 valence electrons. The van der Waals surface area contributed by atoms with Crippen LogP contribution in [0.25, 0.3) is 0 Å². The summed E-state index contributed by atoms with van der Waals surface area (Å²) in [6.07, 6.45) is 4.93. The van der Waals surface area contributed by atoms with Gasteiger partial charge in [0, 0.05) is 19.6 Å². The summed E-state index contributed by atoms with van der Waals surface area (Å²) < 4.78 is 4.83. The van der Waals surface area contributed by atoms with Gasteiger partial charge in [0.15, 0.2) is 0 Å². The van der Waals surface area contributed by atoms with E-state index >= 15 is 0 Å². The molecule has 0 aromatic rings. The van der Waals surface area contributed by atoms with Gasteiger partial charge < -0.3 is 14.5 Å². The Morgan fingerprint density at radius 3 is 2.58 bits per heavy atom. The summed E-state index contributed by atoms with van der Waals surface area (Å²) in [6.45, 7) is 4.47. The van der Waals surface area contributed by atoms with Crippen LogP contribution in [0.5, 0.6) is 0 Å². The number of carbonyl (C=O) groups excluding carboxylic acids is 2. The van der Waals surface area contributed by atoms with Crippen LogP contribution in [0, 0.1) is 5.92 Å². The number of likely N-dealkylation sites (tertiary alicyclic amines) is 2. The van der Waals surface area contributed by atoms with Crippen molar-refractivity contribution in [3.05, 3.63) is 0 Å². The molecule has 5 heteroatoms. The van der Waals surface area contributed by atoms with Crippen molar-refractivity contribution in [2.45, 2.75) is 45.1 Å². The Morgan fingerprint density at radius 1 is 1.11 bits per heavy atom. The molecular weight excluding hydrogens is 244 g/mol. The molecule has 0 aromatic carbocycles. The predicted molar refractivity (Wildman–Crippen MR) is 71.7 cm³/mol. The van der Waals surface area contributed by atoms with Gasteiger partial charge in [-0.25, -0.2) is 9.59 Å². The molecule has 2 heterocycles. The average molecular weight is 268 g/mol. The molecule has 0 spiro atoms. The first-order valence-corrected chi connectivity index (χ1v) is 7.27. The third kappa shape index (κ3) is 3.19. The van der Waals surface area contributed by atoms with Crippen LogP contribution in [0.4, 0.5) is 4.79 Å². The first-order chi connectivity index (χ1) is 9.13. The highest BCUT2D eigenvalue weighted by molar-refractivity contribution is 5.84. The minimum Gasteiger partial charge on any atom is -0.467 e. The van der Waals surface area contributed by atoms with Gasteiger partial charge in [-0.1, -0.05) is 6.92 Å². The summed E-state index contributed by atoms with van der Waals surface area (Å²) in [6, 6.07) is -0.370. The predicted octanol–water partition coefficient (Wildman–Crippen LogP) is 1.87. The lowest BCUT2D eigenvalue weighted by atomic mass is 9.99. The van der Waals surface area contributed by atoms with Gasteiger partial charge in [0.25, 0.3) is 0 Å². The molecule has 2 rings (SSSR count). The molecule has 0 aromatic heterocycles. The Morgan fingerprint density at radius 2 is 1.89 bits per heavy atom. The van der Waals surface area contributed by atoms with Gasteiger partial charge in [0.2, 0.25) is 0 Å². The smallest absolute Gasteiger partial charge is 0.328 e. The van der Waals surface area contributed by atoms with Crippen LogP contribution in [0.15, 0.2) is 0 Å². The fourth-order valence-electron chi connectivity index (χ4n) is 3.09. The standard InChI is InChI=1S/C14H24N2O3/c1-11-6-5-8-15(10-11)14(18)16-9-4-3-7-12(16)13(17)19-2/h11-12H,3-10H2,1-2H3. The Labute approximate surface area is 114 Å². The molecule has 2 saturated heterocycles. The van der Waals surface area contributed by atoms with E-state index in [1.165, 1.54) is 13.5 Å². The average Bonchev–Trinajstić information content (AvgIpc) is 2.45. The minimum atomic E-state index is -0.386. The van der Waals surface area contributed by atoms with Crippen LogP contribution >= 0.6 is 0 Å². The Hall–Kier alpha value is -1.26. The van der Waals surface area contributed by atoms with Gasteiger partial charge in [-0.2, -0.15) is 0 Å². The van der Waals surface area contributed by atoms with Crippen molar-refractivity contribution in [1.29, 1.82) is 0 Å². The molecule has 0 N–H and O–H groups in total. The van der Waals surface area contributed by atoms with Gasteiger partial charge in [-0.15, -0.1) is 0 Å². The monoisotopic (exact) mass is 268 g/mol. The van der Waals surface area contributed by atoms with Crippen LogP contribution in [-0.4, -0.2) is 54.6 Å². The lowest BCUT2D eigenvalue weighted by Gasteiger charge is -2.40. The van der Waals surface area contributed by atoms with Crippen LogP contribution in [0.3, 0.4) is 0 Å². The second-order valence-corrected chi connectivity index (χ2v) is 5.70. The van der Waals surface area contributed by atoms with Crippen molar-refractivity contribution >= 4 is 12.0 Å². The van der Waals surface area contributed by atoms with Crippen molar-refractivity contribution in [3.8, 4) is 0 Å². The largest absolute Gasteiger partial charge is 0.467 e. The van der Waals surface area contributed by atoms with E-state index < -0.39 is 0 Å². The lowest BCUT2D eigenvalue weighted by molar-refractivity contribution is -0.147. The number of esters is 1. The number of nitrogens with zero attached hydrogens (tertiary/aromatic N) is 2. The second-order valence-electron chi connectivity index (χ2n) is 5.70. The molecule has 5 nitrogen and oxygen atoms in total. The number of amides is 2. The third-order valence-corrected chi connectivity index (χ3v) is 4.15. The maximum atomic E-state index is 12.6. The van der Waals surface area contributed by atoms with Crippen LogP contribution in [0.1, 0.15) is 39.0 Å².